The van der Waals surface area contributed by atoms with Crippen molar-refractivity contribution in [2.45, 2.75) is 18.8 Å². The monoisotopic (exact) mass is 399 g/mol. The van der Waals surface area contributed by atoms with Crippen molar-refractivity contribution in [3.8, 4) is 23.0 Å². The summed E-state index contributed by atoms with van der Waals surface area (Å²) in [5, 5.41) is 38.2. The number of benzene rings is 2. The van der Waals surface area contributed by atoms with Crippen molar-refractivity contribution < 1.29 is 39.3 Å². The first kappa shape index (κ1) is 18.9. The summed E-state index contributed by atoms with van der Waals surface area (Å²) >= 11 is 0. The normalized spacial score (nSPS) is 15.9. The fraction of sp³-hybridized carbons (Fsp3) is 0.263. The van der Waals surface area contributed by atoms with E-state index in [0.717, 1.165) is 0 Å². The second kappa shape index (κ2) is 7.21. The van der Waals surface area contributed by atoms with Gasteiger partial charge < -0.3 is 34.6 Å². The Morgan fingerprint density at radius 3 is 2.59 bits per heavy atom. The Labute approximate surface area is 165 Å². The van der Waals surface area contributed by atoms with Gasteiger partial charge in [0.25, 0.3) is 5.91 Å². The molecule has 0 radical (unpaired) electrons. The number of hydrogen-bond donors (Lipinski definition) is 4. The standard InChI is InChI=1S/C19H18BNO8/c22-13-3-1-11(7-14(13)23)18(24)21-8-12(9-21)28-15-4-2-10-5-6-20(27)29-17(10)16(15)19(25)26/h1-4,7,12,22-23,27H,5-6,8-9H2,(H,25,26). The van der Waals surface area contributed by atoms with Crippen molar-refractivity contribution in [1.82, 2.24) is 4.90 Å². The summed E-state index contributed by atoms with van der Waals surface area (Å²) in [6, 6.07) is 7.09. The molecule has 0 spiro atoms. The molecule has 2 aliphatic rings. The van der Waals surface area contributed by atoms with Crippen LogP contribution in [0.25, 0.3) is 0 Å². The van der Waals surface area contributed by atoms with Gasteiger partial charge in [0, 0.05) is 5.56 Å². The summed E-state index contributed by atoms with van der Waals surface area (Å²) in [5.74, 6) is -2.03. The topological polar surface area (TPSA) is 137 Å². The predicted octanol–water partition coefficient (Wildman–Crippen LogP) is 1.11. The van der Waals surface area contributed by atoms with E-state index in [2.05, 4.69) is 0 Å². The Balaban J connectivity index is 1.46. The second-order valence-corrected chi connectivity index (χ2v) is 7.00. The van der Waals surface area contributed by atoms with Gasteiger partial charge in [0.1, 0.15) is 23.2 Å². The molecule has 2 aromatic carbocycles. The van der Waals surface area contributed by atoms with Gasteiger partial charge in [-0.3, -0.25) is 4.79 Å². The minimum atomic E-state index is -1.22. The number of phenolic OH excluding ortho intramolecular Hbond substituents is 2. The Morgan fingerprint density at radius 1 is 1.14 bits per heavy atom. The number of carbonyl (C=O) groups excluding carboxylic acids is 1. The molecule has 0 atom stereocenters. The molecule has 1 amide bonds. The summed E-state index contributed by atoms with van der Waals surface area (Å²) < 4.78 is 11.1. The van der Waals surface area contributed by atoms with Crippen LogP contribution in [0.1, 0.15) is 26.3 Å². The van der Waals surface area contributed by atoms with Crippen LogP contribution in [0, 0.1) is 0 Å². The average Bonchev–Trinajstić information content (AvgIpc) is 2.65. The highest BCUT2D eigenvalue weighted by Gasteiger charge is 2.36. The van der Waals surface area contributed by atoms with Crippen LogP contribution in [0.5, 0.6) is 23.0 Å². The Hall–Kier alpha value is -3.40. The van der Waals surface area contributed by atoms with Crippen LogP contribution in [-0.4, -0.2) is 63.4 Å². The predicted molar refractivity (Wildman–Crippen MR) is 101 cm³/mol. The molecule has 4 N–H and O–H groups in total. The lowest BCUT2D eigenvalue weighted by Gasteiger charge is -2.39. The van der Waals surface area contributed by atoms with Crippen LogP contribution in [0.3, 0.4) is 0 Å². The SMILES string of the molecule is O=C(O)c1c(OC2CN(C(=O)c3ccc(O)c(O)c3)C2)ccc2c1OB(O)CC2. The lowest BCUT2D eigenvalue weighted by atomic mass is 9.78. The maximum Gasteiger partial charge on any atom is 0.522 e. The zero-order valence-corrected chi connectivity index (χ0v) is 15.2. The zero-order chi connectivity index (χ0) is 20.7. The van der Waals surface area contributed by atoms with E-state index < -0.39 is 19.2 Å². The van der Waals surface area contributed by atoms with E-state index in [1.165, 1.54) is 23.1 Å². The molecule has 1 fully saturated rings. The quantitative estimate of drug-likeness (QED) is 0.444. The fourth-order valence-electron chi connectivity index (χ4n) is 3.41. The van der Waals surface area contributed by atoms with Crippen molar-refractivity contribution in [3.05, 3.63) is 47.0 Å². The van der Waals surface area contributed by atoms with Crippen LogP contribution in [0.4, 0.5) is 0 Å². The van der Waals surface area contributed by atoms with E-state index in [1.54, 1.807) is 12.1 Å². The molecule has 2 heterocycles. The number of amides is 1. The molecule has 0 bridgehead atoms. The van der Waals surface area contributed by atoms with E-state index in [1.807, 2.05) is 0 Å². The Kier molecular flexibility index (Phi) is 4.71. The highest BCUT2D eigenvalue weighted by molar-refractivity contribution is 6.44. The first-order valence-electron chi connectivity index (χ1n) is 9.05. The number of carboxylic acid groups (broad SMARTS) is 1. The summed E-state index contributed by atoms with van der Waals surface area (Å²) in [6.45, 7) is 0.472. The first-order chi connectivity index (χ1) is 13.8. The molecule has 150 valence electrons. The van der Waals surface area contributed by atoms with Gasteiger partial charge in [-0.05, 0) is 42.6 Å². The molecular weight excluding hydrogens is 381 g/mol. The molecule has 2 aromatic rings. The van der Waals surface area contributed by atoms with Gasteiger partial charge in [0.2, 0.25) is 0 Å². The van der Waals surface area contributed by atoms with Crippen LogP contribution in [0.2, 0.25) is 6.32 Å². The van der Waals surface area contributed by atoms with Crippen LogP contribution in [-0.2, 0) is 6.42 Å². The van der Waals surface area contributed by atoms with E-state index in [0.29, 0.717) is 18.3 Å². The van der Waals surface area contributed by atoms with Gasteiger partial charge in [0.15, 0.2) is 11.5 Å². The minimum Gasteiger partial charge on any atom is -0.535 e. The average molecular weight is 399 g/mol. The number of hydrogen-bond acceptors (Lipinski definition) is 7. The summed E-state index contributed by atoms with van der Waals surface area (Å²) in [7, 11) is -1.06. The number of carbonyl (C=O) groups is 2. The van der Waals surface area contributed by atoms with Crippen molar-refractivity contribution >= 4 is 19.0 Å². The highest BCUT2D eigenvalue weighted by Crippen LogP contribution is 2.37. The van der Waals surface area contributed by atoms with Crippen molar-refractivity contribution in [1.29, 1.82) is 0 Å². The van der Waals surface area contributed by atoms with E-state index in [4.69, 9.17) is 9.39 Å². The maximum atomic E-state index is 12.4. The Morgan fingerprint density at radius 2 is 1.90 bits per heavy atom. The maximum absolute atomic E-state index is 12.4. The van der Waals surface area contributed by atoms with Gasteiger partial charge >= 0.3 is 13.1 Å². The van der Waals surface area contributed by atoms with E-state index in [-0.39, 0.29) is 53.1 Å². The number of ether oxygens (including phenoxy) is 1. The van der Waals surface area contributed by atoms with Gasteiger partial charge in [-0.1, -0.05) is 6.07 Å². The first-order valence-corrected chi connectivity index (χ1v) is 9.05. The van der Waals surface area contributed by atoms with Gasteiger partial charge in [-0.2, -0.15) is 0 Å². The number of aromatic carboxylic acids is 1. The smallest absolute Gasteiger partial charge is 0.522 e. The van der Waals surface area contributed by atoms with Crippen LogP contribution in [0.15, 0.2) is 30.3 Å². The van der Waals surface area contributed by atoms with Crippen molar-refractivity contribution in [2.75, 3.05) is 13.1 Å². The molecule has 0 unspecified atom stereocenters. The number of aryl methyl sites for hydroxylation is 1. The van der Waals surface area contributed by atoms with Crippen LogP contribution < -0.4 is 9.39 Å². The fourth-order valence-corrected chi connectivity index (χ4v) is 3.41. The number of aromatic hydroxyl groups is 2. The zero-order valence-electron chi connectivity index (χ0n) is 15.2. The number of rotatable bonds is 4. The molecular formula is C19H18BNO8. The number of fused-ring (bicyclic) bond motifs is 1. The second-order valence-electron chi connectivity index (χ2n) is 7.00. The van der Waals surface area contributed by atoms with Crippen molar-refractivity contribution in [3.63, 3.8) is 0 Å². The summed E-state index contributed by atoms with van der Waals surface area (Å²) in [5.41, 5.74) is 0.772. The molecule has 4 rings (SSSR count). The van der Waals surface area contributed by atoms with Gasteiger partial charge in [0.05, 0.1) is 13.1 Å². The van der Waals surface area contributed by atoms with Crippen molar-refractivity contribution in [2.24, 2.45) is 0 Å². The van der Waals surface area contributed by atoms with Gasteiger partial charge in [-0.25, -0.2) is 4.79 Å². The highest BCUT2D eigenvalue weighted by atomic mass is 16.5. The summed E-state index contributed by atoms with van der Waals surface area (Å²) in [4.78, 5) is 25.7. The summed E-state index contributed by atoms with van der Waals surface area (Å²) in [6.07, 6.45) is 0.482. The third-order valence-electron chi connectivity index (χ3n) is 4.98. The van der Waals surface area contributed by atoms with E-state index >= 15 is 0 Å². The number of nitrogens with zero attached hydrogens (tertiary/aromatic N) is 1. The Bertz CT molecular complexity index is 988. The number of likely N-dealkylation sites (tertiary alicyclic amines) is 1. The van der Waals surface area contributed by atoms with E-state index in [9.17, 15) is 29.9 Å². The third kappa shape index (κ3) is 3.54. The van der Waals surface area contributed by atoms with Gasteiger partial charge in [-0.15, -0.1) is 0 Å². The molecule has 2 aliphatic heterocycles. The molecule has 10 heteroatoms. The minimum absolute atomic E-state index is 0.112. The lowest BCUT2D eigenvalue weighted by Crippen LogP contribution is -2.56. The third-order valence-corrected chi connectivity index (χ3v) is 4.98. The molecule has 9 nitrogen and oxygen atoms in total. The molecule has 0 saturated carbocycles. The molecule has 1 saturated heterocycles. The molecule has 0 aromatic heterocycles. The lowest BCUT2D eigenvalue weighted by molar-refractivity contribution is 0.0169. The number of carboxylic acids is 1. The largest absolute Gasteiger partial charge is 0.535 e. The molecule has 0 aliphatic carbocycles. The number of phenols is 2. The van der Waals surface area contributed by atoms with Crippen LogP contribution >= 0.6 is 0 Å². The molecule has 29 heavy (non-hydrogen) atoms.